The smallest absolute Gasteiger partial charge is 0.333 e. The van der Waals surface area contributed by atoms with Crippen LogP contribution in [0.3, 0.4) is 0 Å². The van der Waals surface area contributed by atoms with Crippen molar-refractivity contribution in [3.8, 4) is 0 Å². The molecular formula is C30H34ClNO2. The van der Waals surface area contributed by atoms with Crippen molar-refractivity contribution in [1.82, 2.24) is 0 Å². The molecule has 178 valence electrons. The van der Waals surface area contributed by atoms with Gasteiger partial charge in [0.05, 0.1) is 0 Å². The average Bonchev–Trinajstić information content (AvgIpc) is 2.84. The van der Waals surface area contributed by atoms with Gasteiger partial charge in [-0.2, -0.15) is 0 Å². The van der Waals surface area contributed by atoms with Crippen molar-refractivity contribution in [3.63, 3.8) is 0 Å². The first-order valence-corrected chi connectivity index (χ1v) is 12.6. The molecular weight excluding hydrogens is 442 g/mol. The second-order valence-electron chi connectivity index (χ2n) is 10.1. The van der Waals surface area contributed by atoms with Crippen LogP contribution in [0.25, 0.3) is 0 Å². The number of rotatable bonds is 7. The van der Waals surface area contributed by atoms with Crippen molar-refractivity contribution in [2.75, 3.05) is 5.32 Å². The lowest BCUT2D eigenvalue weighted by molar-refractivity contribution is -0.157. The second-order valence-corrected chi connectivity index (χ2v) is 10.5. The lowest BCUT2D eigenvalue weighted by Crippen LogP contribution is -2.44. The highest BCUT2D eigenvalue weighted by Crippen LogP contribution is 2.44. The van der Waals surface area contributed by atoms with Gasteiger partial charge in [-0.05, 0) is 59.6 Å². The highest BCUT2D eigenvalue weighted by Gasteiger charge is 2.42. The molecule has 0 heterocycles. The van der Waals surface area contributed by atoms with E-state index in [1.807, 2.05) is 60.7 Å². The summed E-state index contributed by atoms with van der Waals surface area (Å²) in [6, 6.07) is 27.2. The van der Waals surface area contributed by atoms with Gasteiger partial charge in [-0.3, -0.25) is 0 Å². The molecule has 1 aliphatic carbocycles. The van der Waals surface area contributed by atoms with E-state index in [1.54, 1.807) is 0 Å². The first kappa shape index (κ1) is 24.3. The van der Waals surface area contributed by atoms with Gasteiger partial charge in [-0.1, -0.05) is 99.5 Å². The van der Waals surface area contributed by atoms with Gasteiger partial charge >= 0.3 is 5.97 Å². The van der Waals surface area contributed by atoms with Gasteiger partial charge in [0, 0.05) is 16.6 Å². The lowest BCUT2D eigenvalue weighted by atomic mass is 9.64. The minimum atomic E-state index is -0.597. The molecule has 0 saturated heterocycles. The number of hydrogen-bond acceptors (Lipinski definition) is 3. The van der Waals surface area contributed by atoms with Crippen LogP contribution in [0.4, 0.5) is 5.69 Å². The molecule has 0 radical (unpaired) electrons. The monoisotopic (exact) mass is 475 g/mol. The van der Waals surface area contributed by atoms with Crippen LogP contribution in [0, 0.1) is 11.8 Å². The van der Waals surface area contributed by atoms with Crippen LogP contribution in [-0.4, -0.2) is 12.1 Å². The topological polar surface area (TPSA) is 38.3 Å². The van der Waals surface area contributed by atoms with E-state index in [0.29, 0.717) is 10.9 Å². The fourth-order valence-electron chi connectivity index (χ4n) is 5.22. The average molecular weight is 476 g/mol. The second kappa shape index (κ2) is 10.7. The highest BCUT2D eigenvalue weighted by molar-refractivity contribution is 6.30. The zero-order chi connectivity index (χ0) is 24.1. The molecule has 1 unspecified atom stereocenters. The SMILES string of the molecule is C[C@@H]1CC[C@@H](C(C)(C)c2ccccc2)[C@H](OC(=O)C(Nc2ccc(Cl)cc2)c2ccccc2)C1. The lowest BCUT2D eigenvalue weighted by Gasteiger charge is -2.44. The van der Waals surface area contributed by atoms with Crippen molar-refractivity contribution >= 4 is 23.3 Å². The third-order valence-corrected chi connectivity index (χ3v) is 7.54. The Morgan fingerprint density at radius 3 is 2.21 bits per heavy atom. The van der Waals surface area contributed by atoms with Crippen molar-refractivity contribution in [1.29, 1.82) is 0 Å². The molecule has 0 spiro atoms. The van der Waals surface area contributed by atoms with E-state index >= 15 is 0 Å². The largest absolute Gasteiger partial charge is 0.460 e. The molecule has 3 aromatic carbocycles. The van der Waals surface area contributed by atoms with Crippen LogP contribution in [0.1, 0.15) is 57.2 Å². The van der Waals surface area contributed by atoms with E-state index in [1.165, 1.54) is 5.56 Å². The highest BCUT2D eigenvalue weighted by atomic mass is 35.5. The summed E-state index contributed by atoms with van der Waals surface area (Å²) in [4.78, 5) is 13.7. The summed E-state index contributed by atoms with van der Waals surface area (Å²) in [5.41, 5.74) is 2.89. The number of halogens is 1. The van der Waals surface area contributed by atoms with Crippen molar-refractivity contribution in [3.05, 3.63) is 101 Å². The summed E-state index contributed by atoms with van der Waals surface area (Å²) >= 11 is 6.06. The number of anilines is 1. The zero-order valence-electron chi connectivity index (χ0n) is 20.2. The maximum absolute atomic E-state index is 13.7. The third kappa shape index (κ3) is 5.64. The first-order chi connectivity index (χ1) is 16.3. The Morgan fingerprint density at radius 2 is 1.56 bits per heavy atom. The quantitative estimate of drug-likeness (QED) is 0.354. The predicted octanol–water partition coefficient (Wildman–Crippen LogP) is 7.82. The predicted molar refractivity (Wildman–Crippen MR) is 140 cm³/mol. The summed E-state index contributed by atoms with van der Waals surface area (Å²) in [6.45, 7) is 6.82. The number of carbonyl (C=O) groups excluding carboxylic acids is 1. The number of benzene rings is 3. The molecule has 4 atom stereocenters. The van der Waals surface area contributed by atoms with E-state index in [9.17, 15) is 4.79 Å². The third-order valence-electron chi connectivity index (χ3n) is 7.29. The number of nitrogens with one attached hydrogen (secondary N) is 1. The summed E-state index contributed by atoms with van der Waals surface area (Å²) < 4.78 is 6.37. The molecule has 1 saturated carbocycles. The minimum Gasteiger partial charge on any atom is -0.460 e. The van der Waals surface area contributed by atoms with Crippen LogP contribution in [0.15, 0.2) is 84.9 Å². The van der Waals surface area contributed by atoms with Crippen LogP contribution in [0.2, 0.25) is 5.02 Å². The van der Waals surface area contributed by atoms with Crippen LogP contribution in [-0.2, 0) is 14.9 Å². The van der Waals surface area contributed by atoms with Gasteiger partial charge in [0.15, 0.2) is 6.04 Å². The zero-order valence-corrected chi connectivity index (χ0v) is 21.0. The molecule has 1 aliphatic rings. The number of esters is 1. The number of hydrogen-bond donors (Lipinski definition) is 1. The summed E-state index contributed by atoms with van der Waals surface area (Å²) in [6.07, 6.45) is 2.95. The molecule has 34 heavy (non-hydrogen) atoms. The fraction of sp³-hybridized carbons (Fsp3) is 0.367. The van der Waals surface area contributed by atoms with Gasteiger partial charge in [0.1, 0.15) is 6.10 Å². The Hall–Kier alpha value is -2.78. The molecule has 0 aromatic heterocycles. The van der Waals surface area contributed by atoms with Crippen molar-refractivity contribution in [2.45, 2.75) is 57.6 Å². The number of carbonyl (C=O) groups is 1. The van der Waals surface area contributed by atoms with Crippen LogP contribution < -0.4 is 5.32 Å². The standard InChI is InChI=1S/C30H34ClNO2/c1-21-14-19-26(30(2,3)23-12-8-5-9-13-23)27(20-21)34-29(33)28(22-10-6-4-7-11-22)32-25-17-15-24(31)16-18-25/h4-13,15-18,21,26-28,32H,14,19-20H2,1-3H3/t21-,26-,27-,28?/m1/s1. The Kier molecular flexibility index (Phi) is 7.63. The summed E-state index contributed by atoms with van der Waals surface area (Å²) in [5.74, 6) is 0.538. The maximum Gasteiger partial charge on any atom is 0.333 e. The molecule has 4 heteroatoms. The van der Waals surface area contributed by atoms with Crippen molar-refractivity contribution < 1.29 is 9.53 Å². The fourth-order valence-corrected chi connectivity index (χ4v) is 5.35. The van der Waals surface area contributed by atoms with E-state index in [2.05, 4.69) is 50.4 Å². The summed E-state index contributed by atoms with van der Waals surface area (Å²) in [7, 11) is 0. The van der Waals surface area contributed by atoms with E-state index < -0.39 is 6.04 Å². The van der Waals surface area contributed by atoms with Crippen molar-refractivity contribution in [2.24, 2.45) is 11.8 Å². The Labute approximate surface area is 208 Å². The molecule has 1 N–H and O–H groups in total. The molecule has 0 amide bonds. The van der Waals surface area contributed by atoms with E-state index in [0.717, 1.165) is 30.5 Å². The van der Waals surface area contributed by atoms with Gasteiger partial charge in [0.25, 0.3) is 0 Å². The Balaban J connectivity index is 1.59. The van der Waals surface area contributed by atoms with E-state index in [-0.39, 0.29) is 23.4 Å². The van der Waals surface area contributed by atoms with Crippen LogP contribution in [0.5, 0.6) is 0 Å². The Morgan fingerprint density at radius 1 is 0.941 bits per heavy atom. The summed E-state index contributed by atoms with van der Waals surface area (Å²) in [5, 5.41) is 4.03. The van der Waals surface area contributed by atoms with Gasteiger partial charge in [-0.15, -0.1) is 0 Å². The maximum atomic E-state index is 13.7. The molecule has 1 fully saturated rings. The number of ether oxygens (including phenoxy) is 1. The van der Waals surface area contributed by atoms with Gasteiger partial charge < -0.3 is 10.1 Å². The molecule has 4 rings (SSSR count). The molecule has 0 bridgehead atoms. The molecule has 0 aliphatic heterocycles. The Bertz CT molecular complexity index is 1070. The van der Waals surface area contributed by atoms with Crippen LogP contribution >= 0.6 is 11.6 Å². The normalized spacial score (nSPS) is 21.5. The molecule has 3 aromatic rings. The molecule has 3 nitrogen and oxygen atoms in total. The van der Waals surface area contributed by atoms with E-state index in [4.69, 9.17) is 16.3 Å². The minimum absolute atomic E-state index is 0.0990. The van der Waals surface area contributed by atoms with Gasteiger partial charge in [-0.25, -0.2) is 4.79 Å². The van der Waals surface area contributed by atoms with Gasteiger partial charge in [0.2, 0.25) is 0 Å². The first-order valence-electron chi connectivity index (χ1n) is 12.2.